The quantitative estimate of drug-likeness (QED) is 0.321. The van der Waals surface area contributed by atoms with Crippen molar-refractivity contribution in [2.45, 2.75) is 64.5 Å². The van der Waals surface area contributed by atoms with E-state index in [-0.39, 0.29) is 42.0 Å². The van der Waals surface area contributed by atoms with Crippen LogP contribution in [0.3, 0.4) is 0 Å². The van der Waals surface area contributed by atoms with Gasteiger partial charge in [0.1, 0.15) is 5.60 Å². The second-order valence-electron chi connectivity index (χ2n) is 9.31. The lowest BCUT2D eigenvalue weighted by atomic mass is 10.0. The van der Waals surface area contributed by atoms with E-state index in [2.05, 4.69) is 15.2 Å². The Hall–Kier alpha value is -1.26. The van der Waals surface area contributed by atoms with Gasteiger partial charge in [0.15, 0.2) is 5.96 Å². The summed E-state index contributed by atoms with van der Waals surface area (Å²) in [6.07, 6.45) is 4.46. The Balaban J connectivity index is 0.00000450. The highest BCUT2D eigenvalue weighted by molar-refractivity contribution is 14.0. The molecule has 2 aliphatic rings. The molecule has 9 heteroatoms. The third-order valence-corrected chi connectivity index (χ3v) is 5.32. The van der Waals surface area contributed by atoms with E-state index in [0.717, 1.165) is 38.4 Å². The van der Waals surface area contributed by atoms with Gasteiger partial charge in [-0.1, -0.05) is 0 Å². The van der Waals surface area contributed by atoms with Gasteiger partial charge < -0.3 is 24.8 Å². The van der Waals surface area contributed by atoms with Crippen molar-refractivity contribution >= 4 is 41.9 Å². The predicted octanol–water partition coefficient (Wildman–Crippen LogP) is 2.77. The molecule has 2 fully saturated rings. The first kappa shape index (κ1) is 26.8. The second kappa shape index (κ2) is 12.0. The van der Waals surface area contributed by atoms with Gasteiger partial charge in [0.25, 0.3) is 0 Å². The molecule has 0 radical (unpaired) electrons. The lowest BCUT2D eigenvalue weighted by Gasteiger charge is -2.40. The molecule has 1 N–H and O–H groups in total. The first-order chi connectivity index (χ1) is 13.6. The Kier molecular flexibility index (Phi) is 10.7. The number of nitrogens with zero attached hydrogens (tertiary/aromatic N) is 4. The summed E-state index contributed by atoms with van der Waals surface area (Å²) in [7, 11) is 5.29. The van der Waals surface area contributed by atoms with Crippen LogP contribution < -0.4 is 5.32 Å². The van der Waals surface area contributed by atoms with Gasteiger partial charge in [0.05, 0.1) is 0 Å². The predicted molar refractivity (Wildman–Crippen MR) is 130 cm³/mol. The molecule has 2 amide bonds. The minimum Gasteiger partial charge on any atom is -0.444 e. The molecule has 0 bridgehead atoms. The molecule has 1 aliphatic carbocycles. The maximum Gasteiger partial charge on any atom is 0.410 e. The van der Waals surface area contributed by atoms with Gasteiger partial charge in [-0.05, 0) is 52.4 Å². The van der Waals surface area contributed by atoms with Crippen molar-refractivity contribution in [2.75, 3.05) is 47.3 Å². The number of ether oxygens (including phenoxy) is 1. The largest absolute Gasteiger partial charge is 0.444 e. The summed E-state index contributed by atoms with van der Waals surface area (Å²) < 4.78 is 5.67. The first-order valence-electron chi connectivity index (χ1n) is 10.8. The van der Waals surface area contributed by atoms with Gasteiger partial charge in [-0.3, -0.25) is 9.79 Å². The molecule has 1 heterocycles. The van der Waals surface area contributed by atoms with Gasteiger partial charge in [-0.25, -0.2) is 4.79 Å². The van der Waals surface area contributed by atoms with Crippen molar-refractivity contribution in [2.24, 2.45) is 10.9 Å². The highest BCUT2D eigenvalue weighted by atomic mass is 127. The number of carbonyl (C=O) groups excluding carboxylic acids is 2. The van der Waals surface area contributed by atoms with Crippen LogP contribution in [0, 0.1) is 5.92 Å². The van der Waals surface area contributed by atoms with Crippen LogP contribution in [0.5, 0.6) is 0 Å². The monoisotopic (exact) mass is 537 g/mol. The smallest absolute Gasteiger partial charge is 0.410 e. The van der Waals surface area contributed by atoms with Gasteiger partial charge in [0.2, 0.25) is 5.91 Å². The third-order valence-electron chi connectivity index (χ3n) is 5.32. The lowest BCUT2D eigenvalue weighted by Crippen LogP contribution is -2.52. The van der Waals surface area contributed by atoms with E-state index in [0.29, 0.717) is 18.9 Å². The van der Waals surface area contributed by atoms with Crippen molar-refractivity contribution in [1.29, 1.82) is 0 Å². The molecule has 0 spiro atoms. The number of guanidine groups is 1. The van der Waals surface area contributed by atoms with Crippen molar-refractivity contribution in [3.63, 3.8) is 0 Å². The second-order valence-corrected chi connectivity index (χ2v) is 9.31. The maximum absolute atomic E-state index is 12.8. The van der Waals surface area contributed by atoms with Gasteiger partial charge in [-0.2, -0.15) is 0 Å². The van der Waals surface area contributed by atoms with E-state index in [1.165, 1.54) is 12.8 Å². The fourth-order valence-corrected chi connectivity index (χ4v) is 3.50. The van der Waals surface area contributed by atoms with Crippen LogP contribution in [-0.2, 0) is 9.53 Å². The average Bonchev–Trinajstić information content (AvgIpc) is 3.46. The molecular formula is C21H40IN5O3. The normalized spacial score (nSPS) is 17.8. The van der Waals surface area contributed by atoms with Crippen molar-refractivity contribution in [3.8, 4) is 0 Å². The molecule has 0 aromatic carbocycles. The number of nitrogens with one attached hydrogen (secondary N) is 1. The number of hydrogen-bond donors (Lipinski definition) is 1. The number of piperidine rings is 1. The number of rotatable bonds is 6. The molecule has 0 atom stereocenters. The number of hydrogen-bond acceptors (Lipinski definition) is 4. The number of likely N-dealkylation sites (tertiary alicyclic amines) is 1. The van der Waals surface area contributed by atoms with Gasteiger partial charge in [-0.15, -0.1) is 24.0 Å². The summed E-state index contributed by atoms with van der Waals surface area (Å²) in [5, 5.41) is 3.29. The number of aliphatic imine (C=N–C) groups is 1. The number of carbonyl (C=O) groups is 2. The Labute approximate surface area is 198 Å². The topological polar surface area (TPSA) is 77.5 Å². The first-order valence-corrected chi connectivity index (χ1v) is 10.8. The molecular weight excluding hydrogens is 497 g/mol. The van der Waals surface area contributed by atoms with Crippen LogP contribution in [0.2, 0.25) is 0 Å². The fourth-order valence-electron chi connectivity index (χ4n) is 3.50. The molecule has 1 aliphatic heterocycles. The minimum absolute atomic E-state index is 0. The Morgan fingerprint density at radius 1 is 1.13 bits per heavy atom. The SMILES string of the molecule is CN=C(NCCC(=O)N(C)C)N1CCC(N(CC2CC2)C(=O)OC(C)(C)C)CC1.I. The molecule has 2 rings (SSSR count). The fraction of sp³-hybridized carbons (Fsp3) is 0.857. The standard InChI is InChI=1S/C21H39N5O3.HI/c1-21(2,3)29-20(28)26(15-16-7-8-16)17-10-13-25(14-11-17)19(22-4)23-12-9-18(27)24(5)6;/h16-17H,7-15H2,1-6H3,(H,22,23);1H. The van der Waals surface area contributed by atoms with Crippen LogP contribution in [0.4, 0.5) is 4.79 Å². The summed E-state index contributed by atoms with van der Waals surface area (Å²) in [6, 6.07) is 0.204. The van der Waals surface area contributed by atoms with Crippen LogP contribution in [0.25, 0.3) is 0 Å². The summed E-state index contributed by atoms with van der Waals surface area (Å²) in [5.74, 6) is 1.55. The maximum atomic E-state index is 12.8. The highest BCUT2D eigenvalue weighted by Crippen LogP contribution is 2.32. The molecule has 1 saturated heterocycles. The molecule has 1 saturated carbocycles. The minimum atomic E-state index is -0.477. The van der Waals surface area contributed by atoms with Gasteiger partial charge in [0, 0.05) is 59.8 Å². The lowest BCUT2D eigenvalue weighted by molar-refractivity contribution is -0.128. The van der Waals surface area contributed by atoms with Crippen LogP contribution in [0.1, 0.15) is 52.9 Å². The third kappa shape index (κ3) is 8.85. The van der Waals surface area contributed by atoms with E-state index in [1.807, 2.05) is 25.7 Å². The summed E-state index contributed by atoms with van der Waals surface area (Å²) >= 11 is 0. The van der Waals surface area contributed by atoms with Crippen LogP contribution in [0.15, 0.2) is 4.99 Å². The molecule has 0 aromatic heterocycles. The van der Waals surface area contributed by atoms with Crippen LogP contribution in [-0.4, -0.2) is 91.6 Å². The number of amides is 2. The Bertz CT molecular complexity index is 594. The van der Waals surface area contributed by atoms with Crippen molar-refractivity contribution < 1.29 is 14.3 Å². The zero-order valence-corrected chi connectivity index (χ0v) is 21.8. The van der Waals surface area contributed by atoms with Crippen molar-refractivity contribution in [1.82, 2.24) is 20.0 Å². The zero-order valence-electron chi connectivity index (χ0n) is 19.4. The molecule has 0 aromatic rings. The molecule has 0 unspecified atom stereocenters. The van der Waals surface area contributed by atoms with E-state index in [1.54, 1.807) is 26.0 Å². The average molecular weight is 537 g/mol. The Morgan fingerprint density at radius 3 is 2.20 bits per heavy atom. The molecule has 174 valence electrons. The van der Waals surface area contributed by atoms with E-state index < -0.39 is 5.60 Å². The molecule has 30 heavy (non-hydrogen) atoms. The van der Waals surface area contributed by atoms with E-state index >= 15 is 0 Å². The van der Waals surface area contributed by atoms with E-state index in [9.17, 15) is 9.59 Å². The molecule has 8 nitrogen and oxygen atoms in total. The van der Waals surface area contributed by atoms with Gasteiger partial charge >= 0.3 is 6.09 Å². The van der Waals surface area contributed by atoms with Crippen LogP contribution >= 0.6 is 24.0 Å². The summed E-state index contributed by atoms with van der Waals surface area (Å²) in [6.45, 7) is 8.78. The van der Waals surface area contributed by atoms with Crippen molar-refractivity contribution in [3.05, 3.63) is 0 Å². The van der Waals surface area contributed by atoms with E-state index in [4.69, 9.17) is 4.74 Å². The summed E-state index contributed by atoms with van der Waals surface area (Å²) in [5.41, 5.74) is -0.477. The number of halogens is 1. The highest BCUT2D eigenvalue weighted by Gasteiger charge is 2.35. The summed E-state index contributed by atoms with van der Waals surface area (Å²) in [4.78, 5) is 34.7. The zero-order chi connectivity index (χ0) is 21.6. The Morgan fingerprint density at radius 2 is 1.73 bits per heavy atom.